The van der Waals surface area contributed by atoms with Crippen molar-refractivity contribution in [3.8, 4) is 0 Å². The van der Waals surface area contributed by atoms with Crippen molar-refractivity contribution >= 4 is 17.7 Å². The van der Waals surface area contributed by atoms with E-state index in [0.717, 1.165) is 24.3 Å². The molecule has 0 spiro atoms. The number of amides is 3. The van der Waals surface area contributed by atoms with Gasteiger partial charge in [0.15, 0.2) is 0 Å². The van der Waals surface area contributed by atoms with Gasteiger partial charge in [0.2, 0.25) is 5.91 Å². The lowest BCUT2D eigenvalue weighted by atomic mass is 9.81. The minimum absolute atomic E-state index is 0.134. The van der Waals surface area contributed by atoms with Gasteiger partial charge >= 0.3 is 0 Å². The number of rotatable bonds is 4. The van der Waals surface area contributed by atoms with Gasteiger partial charge in [-0.2, -0.15) is 5.01 Å². The molecule has 0 aromatic carbocycles. The van der Waals surface area contributed by atoms with Crippen LogP contribution in [0.1, 0.15) is 57.8 Å². The van der Waals surface area contributed by atoms with Gasteiger partial charge in [0.1, 0.15) is 0 Å². The van der Waals surface area contributed by atoms with E-state index in [9.17, 15) is 14.4 Å². The fourth-order valence-electron chi connectivity index (χ4n) is 4.81. The Balaban J connectivity index is 1.33. The second-order valence-corrected chi connectivity index (χ2v) is 7.43. The van der Waals surface area contributed by atoms with Crippen LogP contribution in [0.5, 0.6) is 0 Å². The molecule has 4 aliphatic rings. The molecule has 3 heterocycles. The number of ether oxygens (including phenoxy) is 1. The Labute approximate surface area is 135 Å². The molecule has 6 heteroatoms. The molecule has 3 saturated heterocycles. The molecule has 3 aliphatic heterocycles. The van der Waals surface area contributed by atoms with E-state index < -0.39 is 0 Å². The zero-order valence-electron chi connectivity index (χ0n) is 13.3. The van der Waals surface area contributed by atoms with E-state index in [2.05, 4.69) is 5.43 Å². The van der Waals surface area contributed by atoms with Crippen LogP contribution in [-0.4, -0.2) is 34.9 Å². The summed E-state index contributed by atoms with van der Waals surface area (Å²) in [6, 6.07) is 0. The molecular formula is C17H24N2O4. The van der Waals surface area contributed by atoms with Crippen LogP contribution in [0.4, 0.5) is 0 Å². The highest BCUT2D eigenvalue weighted by molar-refractivity contribution is 6.07. The smallest absolute Gasteiger partial charge is 0.254 e. The van der Waals surface area contributed by atoms with Crippen molar-refractivity contribution in [1.29, 1.82) is 0 Å². The van der Waals surface area contributed by atoms with Gasteiger partial charge in [0, 0.05) is 6.42 Å². The zero-order valence-corrected chi connectivity index (χ0v) is 13.3. The molecule has 3 amide bonds. The van der Waals surface area contributed by atoms with Crippen molar-refractivity contribution in [3.05, 3.63) is 0 Å². The SMILES string of the molecule is O=C(CCC1CCCCC1)NN1C(=O)[C@@H]2[C@@H](C1=O)[C@H]1CC[C@H]2O1. The molecule has 4 rings (SSSR count). The van der Waals surface area contributed by atoms with Crippen molar-refractivity contribution < 1.29 is 19.1 Å². The molecule has 2 bridgehead atoms. The van der Waals surface area contributed by atoms with Gasteiger partial charge in [-0.25, -0.2) is 0 Å². The Morgan fingerprint density at radius 1 is 1.00 bits per heavy atom. The first-order valence-corrected chi connectivity index (χ1v) is 8.98. The number of carbonyl (C=O) groups excluding carboxylic acids is 3. The Hall–Kier alpha value is -1.43. The van der Waals surface area contributed by atoms with E-state index in [1.807, 2.05) is 0 Å². The Bertz CT molecular complexity index is 501. The van der Waals surface area contributed by atoms with Crippen LogP contribution in [0.25, 0.3) is 0 Å². The first-order valence-electron chi connectivity index (χ1n) is 8.98. The summed E-state index contributed by atoms with van der Waals surface area (Å²) in [7, 11) is 0. The monoisotopic (exact) mass is 320 g/mol. The first-order chi connectivity index (χ1) is 11.1. The van der Waals surface area contributed by atoms with E-state index in [-0.39, 0.29) is 41.8 Å². The minimum atomic E-state index is -0.375. The summed E-state index contributed by atoms with van der Waals surface area (Å²) in [4.78, 5) is 37.0. The summed E-state index contributed by atoms with van der Waals surface area (Å²) in [5, 5.41) is 0.979. The van der Waals surface area contributed by atoms with E-state index in [1.54, 1.807) is 0 Å². The molecule has 0 unspecified atom stereocenters. The number of imide groups is 1. The first kappa shape index (κ1) is 15.1. The van der Waals surface area contributed by atoms with Gasteiger partial charge in [0.25, 0.3) is 11.8 Å². The maximum absolute atomic E-state index is 12.4. The van der Waals surface area contributed by atoms with Crippen molar-refractivity contribution in [2.75, 3.05) is 0 Å². The topological polar surface area (TPSA) is 75.7 Å². The Morgan fingerprint density at radius 2 is 1.61 bits per heavy atom. The van der Waals surface area contributed by atoms with Gasteiger partial charge in [-0.05, 0) is 25.2 Å². The summed E-state index contributed by atoms with van der Waals surface area (Å²) in [6.07, 6.45) is 8.85. The predicted octanol–water partition coefficient (Wildman–Crippen LogP) is 1.54. The average molecular weight is 320 g/mol. The van der Waals surface area contributed by atoms with Crippen molar-refractivity contribution in [3.63, 3.8) is 0 Å². The molecule has 4 atom stereocenters. The molecule has 1 saturated carbocycles. The number of hydrazine groups is 1. The van der Waals surface area contributed by atoms with Gasteiger partial charge in [-0.1, -0.05) is 32.1 Å². The molecule has 4 fully saturated rings. The lowest BCUT2D eigenvalue weighted by molar-refractivity contribution is -0.151. The van der Waals surface area contributed by atoms with Crippen molar-refractivity contribution in [1.82, 2.24) is 10.4 Å². The third kappa shape index (κ3) is 2.57. The van der Waals surface area contributed by atoms with Gasteiger partial charge in [-0.15, -0.1) is 0 Å². The van der Waals surface area contributed by atoms with Crippen LogP contribution >= 0.6 is 0 Å². The molecule has 1 aliphatic carbocycles. The second kappa shape index (κ2) is 5.89. The third-order valence-electron chi connectivity index (χ3n) is 6.03. The van der Waals surface area contributed by atoms with Gasteiger partial charge < -0.3 is 4.74 Å². The average Bonchev–Trinajstić information content (AvgIpc) is 3.24. The number of carbonyl (C=O) groups is 3. The van der Waals surface area contributed by atoms with E-state index >= 15 is 0 Å². The summed E-state index contributed by atoms with van der Waals surface area (Å²) >= 11 is 0. The van der Waals surface area contributed by atoms with Crippen LogP contribution in [0.15, 0.2) is 0 Å². The lowest BCUT2D eigenvalue weighted by Gasteiger charge is -2.22. The van der Waals surface area contributed by atoms with E-state index in [4.69, 9.17) is 4.74 Å². The van der Waals surface area contributed by atoms with Crippen molar-refractivity contribution in [2.45, 2.75) is 70.0 Å². The molecule has 6 nitrogen and oxygen atoms in total. The maximum Gasteiger partial charge on any atom is 0.254 e. The van der Waals surface area contributed by atoms with Crippen LogP contribution in [0, 0.1) is 17.8 Å². The third-order valence-corrected chi connectivity index (χ3v) is 6.03. The fourth-order valence-corrected chi connectivity index (χ4v) is 4.81. The van der Waals surface area contributed by atoms with Gasteiger partial charge in [-0.3, -0.25) is 19.8 Å². The highest BCUT2D eigenvalue weighted by atomic mass is 16.5. The normalized spacial score (nSPS) is 36.6. The van der Waals surface area contributed by atoms with Crippen LogP contribution < -0.4 is 5.43 Å². The number of fused-ring (bicyclic) bond motifs is 5. The predicted molar refractivity (Wildman–Crippen MR) is 80.7 cm³/mol. The largest absolute Gasteiger partial charge is 0.373 e. The molecule has 0 aromatic rings. The van der Waals surface area contributed by atoms with Crippen LogP contribution in [-0.2, 0) is 19.1 Å². The Kier molecular flexibility index (Phi) is 3.87. The minimum Gasteiger partial charge on any atom is -0.373 e. The highest BCUT2D eigenvalue weighted by Crippen LogP contribution is 2.48. The standard InChI is InChI=1S/C17H24N2O4/c20-13(9-6-10-4-2-1-3-5-10)18-19-16(21)14-11-7-8-12(23-11)15(14)17(19)22/h10-12,14-15H,1-9H2,(H,18,20)/t11-,12-,14+,15+/m1/s1. The van der Waals surface area contributed by atoms with E-state index in [0.29, 0.717) is 12.3 Å². The summed E-state index contributed by atoms with van der Waals surface area (Å²) in [6.45, 7) is 0. The summed E-state index contributed by atoms with van der Waals surface area (Å²) in [5.74, 6) is -0.912. The lowest BCUT2D eigenvalue weighted by Crippen LogP contribution is -2.47. The molecule has 0 aromatic heterocycles. The molecule has 23 heavy (non-hydrogen) atoms. The van der Waals surface area contributed by atoms with Gasteiger partial charge in [0.05, 0.1) is 24.0 Å². The van der Waals surface area contributed by atoms with Crippen molar-refractivity contribution in [2.24, 2.45) is 17.8 Å². The van der Waals surface area contributed by atoms with Crippen LogP contribution in [0.2, 0.25) is 0 Å². The summed E-state index contributed by atoms with van der Waals surface area (Å²) < 4.78 is 5.68. The summed E-state index contributed by atoms with van der Waals surface area (Å²) in [5.41, 5.74) is 2.56. The maximum atomic E-state index is 12.4. The van der Waals surface area contributed by atoms with Crippen LogP contribution in [0.3, 0.4) is 0 Å². The molecular weight excluding hydrogens is 296 g/mol. The van der Waals surface area contributed by atoms with E-state index in [1.165, 1.54) is 32.1 Å². The molecule has 0 radical (unpaired) electrons. The molecule has 126 valence electrons. The fraction of sp³-hybridized carbons (Fsp3) is 0.824. The number of hydrogen-bond acceptors (Lipinski definition) is 4. The Morgan fingerprint density at radius 3 is 2.22 bits per heavy atom. The zero-order chi connectivity index (χ0) is 16.0. The second-order valence-electron chi connectivity index (χ2n) is 7.43. The molecule has 1 N–H and O–H groups in total. The highest BCUT2D eigenvalue weighted by Gasteiger charge is 2.62. The number of nitrogens with one attached hydrogen (secondary N) is 1. The number of nitrogens with zero attached hydrogens (tertiary/aromatic N) is 1. The quantitative estimate of drug-likeness (QED) is 0.797. The number of hydrogen-bond donors (Lipinski definition) is 1.